The summed E-state index contributed by atoms with van der Waals surface area (Å²) in [4.78, 5) is 23.1. The average Bonchev–Trinajstić information content (AvgIpc) is 3.06. The van der Waals surface area contributed by atoms with E-state index in [1.54, 1.807) is 12.2 Å². The van der Waals surface area contributed by atoms with E-state index in [9.17, 15) is 50.0 Å². The van der Waals surface area contributed by atoms with Crippen LogP contribution in [0.4, 0.5) is 0 Å². The predicted octanol–water partition coefficient (Wildman–Crippen LogP) is 3.24. The van der Waals surface area contributed by atoms with Gasteiger partial charge in [-0.1, -0.05) is 107 Å². The van der Waals surface area contributed by atoms with Crippen molar-refractivity contribution in [3.8, 4) is 0 Å². The molecule has 9 N–H and O–H groups in total. The third-order valence-corrected chi connectivity index (χ3v) is 9.13. The van der Waals surface area contributed by atoms with Crippen molar-refractivity contribution in [2.75, 3.05) is 6.61 Å². The number of phosphoric ester groups is 1. The normalized spacial score (nSPS) is 26.5. The molecule has 8 atom stereocenters. The van der Waals surface area contributed by atoms with Crippen molar-refractivity contribution < 1.29 is 59.0 Å². The van der Waals surface area contributed by atoms with Gasteiger partial charge in [0.05, 0.1) is 31.3 Å². The molecular weight excluding hydrogens is 657 g/mol. The number of hydrogen-bond donors (Lipinski definition) is 9. The molecule has 49 heavy (non-hydrogen) atoms. The smallest absolute Gasteiger partial charge is 0.389 e. The molecule has 14 heteroatoms. The molecule has 13 nitrogen and oxygen atoms in total. The molecule has 0 spiro atoms. The predicted molar refractivity (Wildman–Crippen MR) is 187 cm³/mol. The van der Waals surface area contributed by atoms with Crippen LogP contribution in [0.2, 0.25) is 0 Å². The zero-order chi connectivity index (χ0) is 36.7. The molecule has 0 saturated heterocycles. The van der Waals surface area contributed by atoms with Crippen LogP contribution in [0.5, 0.6) is 0 Å². The summed E-state index contributed by atoms with van der Waals surface area (Å²) in [5.41, 5.74) is 0. The lowest BCUT2D eigenvalue weighted by Crippen LogP contribution is -2.64. The summed E-state index contributed by atoms with van der Waals surface area (Å²) in [6.45, 7) is 3.52. The zero-order valence-corrected chi connectivity index (χ0v) is 30.0. The Kier molecular flexibility index (Phi) is 24.1. The van der Waals surface area contributed by atoms with E-state index >= 15 is 0 Å². The van der Waals surface area contributed by atoms with Crippen molar-refractivity contribution in [2.45, 2.75) is 159 Å². The fourth-order valence-corrected chi connectivity index (χ4v) is 6.09. The highest BCUT2D eigenvalue weighted by molar-refractivity contribution is 7.47. The van der Waals surface area contributed by atoms with Gasteiger partial charge < -0.3 is 46.0 Å². The average molecular weight is 720 g/mol. The number of aliphatic hydroxyl groups is 7. The third-order valence-electron chi connectivity index (χ3n) is 8.14. The number of hydrogen-bond acceptors (Lipinski definition) is 11. The van der Waals surface area contributed by atoms with Crippen molar-refractivity contribution in [3.63, 3.8) is 0 Å². The maximum absolute atomic E-state index is 12.8. The van der Waals surface area contributed by atoms with Gasteiger partial charge >= 0.3 is 7.82 Å². The Morgan fingerprint density at radius 2 is 1.27 bits per heavy atom. The van der Waals surface area contributed by atoms with Crippen molar-refractivity contribution in [2.24, 2.45) is 0 Å². The fraction of sp³-hybridized carbons (Fsp3) is 0.743. The second-order valence-corrected chi connectivity index (χ2v) is 13.9. The van der Waals surface area contributed by atoms with Gasteiger partial charge in [0.2, 0.25) is 5.91 Å². The van der Waals surface area contributed by atoms with E-state index in [0.717, 1.165) is 32.1 Å². The van der Waals surface area contributed by atoms with Crippen LogP contribution in [0, 0.1) is 0 Å². The molecule has 0 radical (unpaired) electrons. The number of rotatable bonds is 26. The number of phosphoric acid groups is 1. The Morgan fingerprint density at radius 1 is 0.714 bits per heavy atom. The van der Waals surface area contributed by atoms with Gasteiger partial charge in [-0.3, -0.25) is 13.8 Å². The second-order valence-electron chi connectivity index (χ2n) is 12.5. The summed E-state index contributed by atoms with van der Waals surface area (Å²) < 4.78 is 22.6. The highest BCUT2D eigenvalue weighted by atomic mass is 31.2. The van der Waals surface area contributed by atoms with Crippen molar-refractivity contribution in [1.29, 1.82) is 0 Å². The van der Waals surface area contributed by atoms with Crippen molar-refractivity contribution in [3.05, 3.63) is 48.6 Å². The summed E-state index contributed by atoms with van der Waals surface area (Å²) in [5, 5.41) is 73.5. The first-order valence-corrected chi connectivity index (χ1v) is 19.2. The van der Waals surface area contributed by atoms with Gasteiger partial charge in [-0.25, -0.2) is 4.57 Å². The molecule has 0 aromatic heterocycles. The van der Waals surface area contributed by atoms with Crippen LogP contribution < -0.4 is 5.32 Å². The quantitative estimate of drug-likeness (QED) is 0.0357. The Hall–Kier alpha value is -1.74. The van der Waals surface area contributed by atoms with Crippen molar-refractivity contribution >= 4 is 13.7 Å². The summed E-state index contributed by atoms with van der Waals surface area (Å²) in [7, 11) is -5.15. The maximum atomic E-state index is 12.8. The molecule has 284 valence electrons. The number of unbranched alkanes of at least 4 members (excludes halogenated alkanes) is 9. The first kappa shape index (κ1) is 45.3. The number of carbonyl (C=O) groups excluding carboxylic acids is 1. The zero-order valence-electron chi connectivity index (χ0n) is 29.1. The van der Waals surface area contributed by atoms with Crippen LogP contribution in [0.1, 0.15) is 104 Å². The van der Waals surface area contributed by atoms with E-state index < -0.39 is 75.2 Å². The molecule has 1 amide bonds. The lowest BCUT2D eigenvalue weighted by Gasteiger charge is -2.41. The topological polar surface area (TPSA) is 226 Å². The van der Waals surface area contributed by atoms with E-state index in [0.29, 0.717) is 19.3 Å². The highest BCUT2D eigenvalue weighted by Gasteiger charge is 2.51. The third kappa shape index (κ3) is 19.4. The molecule has 1 rings (SSSR count). The van der Waals surface area contributed by atoms with Crippen LogP contribution in [0.3, 0.4) is 0 Å². The summed E-state index contributed by atoms with van der Waals surface area (Å²) in [6, 6.07) is -1.28. The fourth-order valence-electron chi connectivity index (χ4n) is 5.12. The number of nitrogens with one attached hydrogen (secondary N) is 1. The van der Waals surface area contributed by atoms with Crippen LogP contribution >= 0.6 is 7.82 Å². The van der Waals surface area contributed by atoms with Gasteiger partial charge in [0.15, 0.2) is 0 Å². The van der Waals surface area contributed by atoms with Crippen LogP contribution in [-0.2, 0) is 18.4 Å². The number of allylic oxidation sites excluding steroid dienone is 6. The van der Waals surface area contributed by atoms with Crippen LogP contribution in [0.15, 0.2) is 48.6 Å². The van der Waals surface area contributed by atoms with E-state index in [4.69, 9.17) is 9.05 Å². The maximum Gasteiger partial charge on any atom is 0.472 e. The second kappa shape index (κ2) is 26.1. The summed E-state index contributed by atoms with van der Waals surface area (Å²) >= 11 is 0. The Labute approximate surface area is 291 Å². The number of amides is 1. The van der Waals surface area contributed by atoms with Gasteiger partial charge in [0.25, 0.3) is 0 Å². The Morgan fingerprint density at radius 3 is 1.94 bits per heavy atom. The van der Waals surface area contributed by atoms with Crippen LogP contribution in [-0.4, -0.2) is 108 Å². The first-order chi connectivity index (χ1) is 23.3. The van der Waals surface area contributed by atoms with Gasteiger partial charge in [-0.05, 0) is 38.5 Å². The molecule has 8 unspecified atom stereocenters. The Balaban J connectivity index is 2.77. The van der Waals surface area contributed by atoms with Gasteiger partial charge in [0.1, 0.15) is 36.6 Å². The molecule has 1 aliphatic rings. The molecule has 0 aromatic rings. The SMILES string of the molecule is CCCC/C=C/CC/C=C/C(O)C(COP(=O)(O)OC1C(O)C(O)C(O)C(O)C1O)NC(=O)CC(O)/C=C\C/C=C\CCCCCCCC. The molecule has 0 heterocycles. The first-order valence-electron chi connectivity index (χ1n) is 17.7. The standard InChI is InChI=1S/C35H62NO12P/c1-3-5-7-9-11-13-14-15-16-18-20-22-26(37)24-29(39)36-27(28(38)23-21-19-17-12-10-8-6-4-2)25-47-49(45,46)48-35-33(43)31(41)30(40)32(42)34(35)44/h10,12,15-16,20-23,26-28,30-35,37-38,40-44H,3-9,11,13-14,17-19,24-25H2,1-2H3,(H,36,39)(H,45,46)/b12-10+,16-15-,22-20-,23-21+. The molecule has 0 bridgehead atoms. The van der Waals surface area contributed by atoms with E-state index in [1.807, 2.05) is 12.2 Å². The molecule has 0 aliphatic heterocycles. The lowest BCUT2D eigenvalue weighted by molar-refractivity contribution is -0.220. The molecular formula is C35H62NO12P. The van der Waals surface area contributed by atoms with Crippen molar-refractivity contribution in [1.82, 2.24) is 5.32 Å². The highest BCUT2D eigenvalue weighted by Crippen LogP contribution is 2.47. The number of carbonyl (C=O) groups is 1. The van der Waals surface area contributed by atoms with E-state index in [2.05, 4.69) is 31.3 Å². The molecule has 1 saturated carbocycles. The lowest BCUT2D eigenvalue weighted by atomic mass is 9.85. The largest absolute Gasteiger partial charge is 0.472 e. The number of aliphatic hydroxyl groups excluding tert-OH is 7. The van der Waals surface area contributed by atoms with Crippen LogP contribution in [0.25, 0.3) is 0 Å². The van der Waals surface area contributed by atoms with E-state index in [1.165, 1.54) is 44.3 Å². The minimum absolute atomic E-state index is 0.362. The molecule has 1 fully saturated rings. The van der Waals surface area contributed by atoms with E-state index in [-0.39, 0.29) is 6.42 Å². The van der Waals surface area contributed by atoms with Gasteiger partial charge in [0, 0.05) is 0 Å². The molecule has 0 aromatic carbocycles. The summed E-state index contributed by atoms with van der Waals surface area (Å²) in [6.07, 6.45) is 13.0. The minimum atomic E-state index is -5.15. The summed E-state index contributed by atoms with van der Waals surface area (Å²) in [5.74, 6) is -0.678. The molecule has 1 aliphatic carbocycles. The Bertz CT molecular complexity index is 1040. The van der Waals surface area contributed by atoms with Gasteiger partial charge in [-0.15, -0.1) is 0 Å². The monoisotopic (exact) mass is 719 g/mol. The minimum Gasteiger partial charge on any atom is -0.389 e. The van der Waals surface area contributed by atoms with Gasteiger partial charge in [-0.2, -0.15) is 0 Å².